The fourth-order valence-electron chi connectivity index (χ4n) is 4.34. The van der Waals surface area contributed by atoms with Crippen LogP contribution in [0.25, 0.3) is 0 Å². The lowest BCUT2D eigenvalue weighted by Gasteiger charge is -2.34. The number of hydrogen-bond donors (Lipinski definition) is 0. The smallest absolute Gasteiger partial charge is 0.228 e. The summed E-state index contributed by atoms with van der Waals surface area (Å²) in [4.78, 5) is 29.4. The van der Waals surface area contributed by atoms with E-state index < -0.39 is 0 Å². The molecular formula is C24H27BrN2O3. The summed E-state index contributed by atoms with van der Waals surface area (Å²) in [6, 6.07) is 17.8. The van der Waals surface area contributed by atoms with E-state index >= 15 is 0 Å². The molecule has 2 aliphatic rings. The van der Waals surface area contributed by atoms with Crippen LogP contribution >= 0.6 is 15.9 Å². The minimum Gasteiger partial charge on any atom is -0.376 e. The normalized spacial score (nSPS) is 21.8. The fraction of sp³-hybridized carbons (Fsp3) is 0.417. The Labute approximate surface area is 186 Å². The van der Waals surface area contributed by atoms with Crippen molar-refractivity contribution in [1.82, 2.24) is 4.90 Å². The monoisotopic (exact) mass is 470 g/mol. The number of rotatable bonds is 6. The van der Waals surface area contributed by atoms with Crippen LogP contribution in [-0.4, -0.2) is 43.0 Å². The highest BCUT2D eigenvalue weighted by Crippen LogP contribution is 2.29. The number of carbonyl (C=O) groups is 2. The molecule has 6 heteroatoms. The van der Waals surface area contributed by atoms with E-state index in [1.165, 1.54) is 5.56 Å². The summed E-state index contributed by atoms with van der Waals surface area (Å²) in [6.45, 7) is 3.21. The van der Waals surface area contributed by atoms with Crippen LogP contribution in [0.15, 0.2) is 59.1 Å². The number of anilines is 1. The van der Waals surface area contributed by atoms with Crippen LogP contribution in [0.4, 0.5) is 5.69 Å². The maximum absolute atomic E-state index is 13.1. The Morgan fingerprint density at radius 1 is 1.10 bits per heavy atom. The van der Waals surface area contributed by atoms with E-state index in [-0.39, 0.29) is 24.2 Å². The number of carbonyl (C=O) groups excluding carboxylic acids is 2. The van der Waals surface area contributed by atoms with Crippen molar-refractivity contribution >= 4 is 33.4 Å². The van der Waals surface area contributed by atoms with Crippen molar-refractivity contribution in [2.45, 2.75) is 25.9 Å². The molecule has 2 aliphatic heterocycles. The minimum atomic E-state index is -0.263. The average molecular weight is 471 g/mol. The number of nitrogens with zero attached hydrogens (tertiary/aromatic N) is 2. The predicted octanol–water partition coefficient (Wildman–Crippen LogP) is 4.26. The second-order valence-corrected chi connectivity index (χ2v) is 9.09. The van der Waals surface area contributed by atoms with Crippen molar-refractivity contribution < 1.29 is 14.3 Å². The number of piperidine rings is 1. The molecule has 0 bridgehead atoms. The summed E-state index contributed by atoms with van der Waals surface area (Å²) in [6.07, 6.45) is 2.35. The van der Waals surface area contributed by atoms with Crippen molar-refractivity contribution in [1.29, 1.82) is 0 Å². The first-order valence-electron chi connectivity index (χ1n) is 10.6. The van der Waals surface area contributed by atoms with E-state index in [2.05, 4.69) is 28.1 Å². The lowest BCUT2D eigenvalue weighted by atomic mass is 9.97. The van der Waals surface area contributed by atoms with Gasteiger partial charge < -0.3 is 14.5 Å². The van der Waals surface area contributed by atoms with E-state index in [9.17, 15) is 9.59 Å². The number of likely N-dealkylation sites (tertiary alicyclic amines) is 1. The third kappa shape index (κ3) is 5.10. The Bertz CT molecular complexity index is 889. The molecule has 5 nitrogen and oxygen atoms in total. The molecule has 0 saturated carbocycles. The van der Waals surface area contributed by atoms with E-state index in [0.29, 0.717) is 25.7 Å². The summed E-state index contributed by atoms with van der Waals surface area (Å²) in [5.74, 6) is 0.213. The Morgan fingerprint density at radius 3 is 2.73 bits per heavy atom. The van der Waals surface area contributed by atoms with Crippen LogP contribution in [0.3, 0.4) is 0 Å². The maximum atomic E-state index is 13.1. The molecule has 2 unspecified atom stereocenters. The van der Waals surface area contributed by atoms with Crippen molar-refractivity contribution in [2.75, 3.05) is 31.1 Å². The molecule has 0 radical (unpaired) electrons. The molecule has 2 saturated heterocycles. The Morgan fingerprint density at radius 2 is 1.93 bits per heavy atom. The topological polar surface area (TPSA) is 49.9 Å². The van der Waals surface area contributed by atoms with Gasteiger partial charge in [0, 0.05) is 36.2 Å². The summed E-state index contributed by atoms with van der Waals surface area (Å²) in [7, 11) is 0. The van der Waals surface area contributed by atoms with Crippen molar-refractivity contribution in [3.05, 3.63) is 64.6 Å². The van der Waals surface area contributed by atoms with Gasteiger partial charge >= 0.3 is 0 Å². The lowest BCUT2D eigenvalue weighted by Crippen LogP contribution is -2.44. The fourth-order valence-corrected chi connectivity index (χ4v) is 4.73. The zero-order valence-electron chi connectivity index (χ0n) is 17.0. The number of hydrogen-bond acceptors (Lipinski definition) is 3. The van der Waals surface area contributed by atoms with Gasteiger partial charge in [0.25, 0.3) is 0 Å². The van der Waals surface area contributed by atoms with Crippen molar-refractivity contribution in [3.63, 3.8) is 0 Å². The first-order chi connectivity index (χ1) is 14.6. The van der Waals surface area contributed by atoms with Gasteiger partial charge in [-0.1, -0.05) is 52.3 Å². The molecule has 2 aromatic carbocycles. The molecule has 4 rings (SSSR count). The second kappa shape index (κ2) is 9.75. The zero-order valence-corrected chi connectivity index (χ0v) is 18.6. The molecule has 2 fully saturated rings. The van der Waals surface area contributed by atoms with Gasteiger partial charge in [-0.2, -0.15) is 0 Å². The molecule has 158 valence electrons. The van der Waals surface area contributed by atoms with Crippen LogP contribution in [-0.2, 0) is 20.9 Å². The van der Waals surface area contributed by atoms with Crippen LogP contribution < -0.4 is 4.90 Å². The van der Waals surface area contributed by atoms with Crippen molar-refractivity contribution in [3.8, 4) is 0 Å². The number of ether oxygens (including phenoxy) is 1. The number of halogens is 1. The molecule has 30 heavy (non-hydrogen) atoms. The third-order valence-electron chi connectivity index (χ3n) is 5.89. The van der Waals surface area contributed by atoms with Crippen LogP contribution in [0.2, 0.25) is 0 Å². The minimum absolute atomic E-state index is 0.0196. The highest BCUT2D eigenvalue weighted by Gasteiger charge is 2.38. The summed E-state index contributed by atoms with van der Waals surface area (Å²) >= 11 is 3.45. The Kier molecular flexibility index (Phi) is 6.85. The second-order valence-electron chi connectivity index (χ2n) is 8.18. The SMILES string of the molecule is O=C(C1CC(=O)N(c2cccc(Br)c2)C1)N1CCCC(COCc2ccccc2)C1. The van der Waals surface area contributed by atoms with E-state index in [1.54, 1.807) is 4.90 Å². The molecule has 0 aromatic heterocycles. The van der Waals surface area contributed by atoms with Gasteiger partial charge in [-0.05, 0) is 42.5 Å². The van der Waals surface area contributed by atoms with Crippen LogP contribution in [0, 0.1) is 11.8 Å². The molecule has 0 aliphatic carbocycles. The molecule has 0 spiro atoms. The molecule has 0 N–H and O–H groups in total. The van der Waals surface area contributed by atoms with Gasteiger partial charge in [0.2, 0.25) is 11.8 Å². The average Bonchev–Trinajstić information content (AvgIpc) is 3.16. The maximum Gasteiger partial charge on any atom is 0.228 e. The summed E-state index contributed by atoms with van der Waals surface area (Å²) in [5.41, 5.74) is 2.01. The highest BCUT2D eigenvalue weighted by atomic mass is 79.9. The highest BCUT2D eigenvalue weighted by molar-refractivity contribution is 9.10. The standard InChI is InChI=1S/C24H27BrN2O3/c25-21-9-4-10-22(13-21)27-15-20(12-23(27)28)24(29)26-11-5-8-19(14-26)17-30-16-18-6-2-1-3-7-18/h1-4,6-7,9-10,13,19-20H,5,8,11-12,14-17H2. The van der Waals surface area contributed by atoms with E-state index in [4.69, 9.17) is 4.74 Å². The molecule has 2 heterocycles. The van der Waals surface area contributed by atoms with E-state index in [1.807, 2.05) is 47.4 Å². The quantitative estimate of drug-likeness (QED) is 0.633. The Hall–Kier alpha value is -2.18. The molecule has 2 atom stereocenters. The van der Waals surface area contributed by atoms with Crippen molar-refractivity contribution in [2.24, 2.45) is 11.8 Å². The summed E-state index contributed by atoms with van der Waals surface area (Å²) in [5, 5.41) is 0. The number of benzene rings is 2. The van der Waals surface area contributed by atoms with Gasteiger partial charge in [-0.3, -0.25) is 9.59 Å². The predicted molar refractivity (Wildman–Crippen MR) is 120 cm³/mol. The van der Waals surface area contributed by atoms with E-state index in [0.717, 1.165) is 36.1 Å². The van der Waals surface area contributed by atoms with Crippen LogP contribution in [0.1, 0.15) is 24.8 Å². The Balaban J connectivity index is 1.30. The van der Waals surface area contributed by atoms with Crippen LogP contribution in [0.5, 0.6) is 0 Å². The lowest BCUT2D eigenvalue weighted by molar-refractivity contribution is -0.138. The van der Waals surface area contributed by atoms with Gasteiger partial charge in [-0.25, -0.2) is 0 Å². The largest absolute Gasteiger partial charge is 0.376 e. The first-order valence-corrected chi connectivity index (χ1v) is 11.4. The number of amides is 2. The molecule has 2 aromatic rings. The molecule has 2 amide bonds. The van der Waals surface area contributed by atoms with Gasteiger partial charge in [0.05, 0.1) is 19.1 Å². The first kappa shape index (κ1) is 21.1. The van der Waals surface area contributed by atoms with Gasteiger partial charge in [0.15, 0.2) is 0 Å². The third-order valence-corrected chi connectivity index (χ3v) is 6.38. The van der Waals surface area contributed by atoms with Gasteiger partial charge in [0.1, 0.15) is 0 Å². The molecular weight excluding hydrogens is 444 g/mol. The summed E-state index contributed by atoms with van der Waals surface area (Å²) < 4.78 is 6.84. The van der Waals surface area contributed by atoms with Gasteiger partial charge in [-0.15, -0.1) is 0 Å². The zero-order chi connectivity index (χ0) is 20.9.